The van der Waals surface area contributed by atoms with Crippen LogP contribution in [-0.4, -0.2) is 19.8 Å². The average molecular weight is 208 g/mol. The molecule has 0 spiro atoms. The molecule has 1 atom stereocenters. The second-order valence-electron chi connectivity index (χ2n) is 4.05. The highest BCUT2D eigenvalue weighted by molar-refractivity contribution is 5.48. The van der Waals surface area contributed by atoms with E-state index in [4.69, 9.17) is 5.73 Å². The maximum absolute atomic E-state index is 12.3. The van der Waals surface area contributed by atoms with Gasteiger partial charge in [-0.2, -0.15) is 0 Å². The summed E-state index contributed by atoms with van der Waals surface area (Å²) in [6.45, 7) is 1.77. The molecule has 1 fully saturated rings. The van der Waals surface area contributed by atoms with Gasteiger partial charge >= 0.3 is 0 Å². The maximum Gasteiger partial charge on any atom is 0.109 e. The van der Waals surface area contributed by atoms with E-state index in [1.807, 2.05) is 24.3 Å². The number of hydrogen-bond donors (Lipinski definition) is 1. The molecule has 0 aliphatic carbocycles. The van der Waals surface area contributed by atoms with Crippen LogP contribution in [0.4, 0.5) is 10.1 Å². The third-order valence-electron chi connectivity index (χ3n) is 2.96. The predicted molar refractivity (Wildman–Crippen MR) is 60.8 cm³/mol. The molecule has 1 aromatic carbocycles. The first-order chi connectivity index (χ1) is 7.31. The fourth-order valence-corrected chi connectivity index (χ4v) is 2.00. The van der Waals surface area contributed by atoms with Gasteiger partial charge in [0.05, 0.1) is 6.04 Å². The van der Waals surface area contributed by atoms with Crippen LogP contribution in [0.3, 0.4) is 0 Å². The van der Waals surface area contributed by atoms with Gasteiger partial charge in [0.25, 0.3) is 0 Å². The highest BCUT2D eigenvalue weighted by Crippen LogP contribution is 2.22. The van der Waals surface area contributed by atoms with Crippen molar-refractivity contribution >= 4 is 5.69 Å². The van der Waals surface area contributed by atoms with E-state index >= 15 is 0 Å². The van der Waals surface area contributed by atoms with Gasteiger partial charge in [-0.05, 0) is 30.5 Å². The zero-order valence-electron chi connectivity index (χ0n) is 8.82. The van der Waals surface area contributed by atoms with Crippen LogP contribution < -0.4 is 10.6 Å². The van der Waals surface area contributed by atoms with E-state index in [1.54, 1.807) is 0 Å². The number of anilines is 1. The third kappa shape index (κ3) is 2.29. The Morgan fingerprint density at radius 1 is 1.20 bits per heavy atom. The van der Waals surface area contributed by atoms with Crippen molar-refractivity contribution in [2.45, 2.75) is 18.9 Å². The number of nitrogens with zero attached hydrogens (tertiary/aromatic N) is 1. The van der Waals surface area contributed by atoms with Gasteiger partial charge in [0.1, 0.15) is 6.67 Å². The lowest BCUT2D eigenvalue weighted by atomic mass is 10.1. The van der Waals surface area contributed by atoms with Crippen molar-refractivity contribution in [3.8, 4) is 0 Å². The molecule has 15 heavy (non-hydrogen) atoms. The molecule has 0 amide bonds. The van der Waals surface area contributed by atoms with Crippen molar-refractivity contribution in [2.24, 2.45) is 5.73 Å². The van der Waals surface area contributed by atoms with Crippen LogP contribution in [0.5, 0.6) is 0 Å². The Balaban J connectivity index is 2.09. The average Bonchev–Trinajstić information content (AvgIpc) is 2.82. The van der Waals surface area contributed by atoms with Crippen LogP contribution in [0.15, 0.2) is 24.3 Å². The molecule has 1 aromatic rings. The van der Waals surface area contributed by atoms with E-state index < -0.39 is 12.7 Å². The van der Waals surface area contributed by atoms with Gasteiger partial charge in [0.2, 0.25) is 0 Å². The Bertz CT molecular complexity index is 304. The fraction of sp³-hybridized carbons (Fsp3) is 0.500. The van der Waals surface area contributed by atoms with Crippen molar-refractivity contribution in [1.82, 2.24) is 0 Å². The second kappa shape index (κ2) is 4.62. The summed E-state index contributed by atoms with van der Waals surface area (Å²) in [6.07, 6.45) is 2.54. The van der Waals surface area contributed by atoms with Gasteiger partial charge in [-0.25, -0.2) is 4.39 Å². The van der Waals surface area contributed by atoms with E-state index in [1.165, 1.54) is 18.5 Å². The van der Waals surface area contributed by atoms with E-state index in [2.05, 4.69) is 4.90 Å². The molecule has 2 nitrogen and oxygen atoms in total. The van der Waals surface area contributed by atoms with E-state index in [9.17, 15) is 4.39 Å². The van der Waals surface area contributed by atoms with E-state index in [-0.39, 0.29) is 0 Å². The van der Waals surface area contributed by atoms with Crippen molar-refractivity contribution in [2.75, 3.05) is 24.7 Å². The monoisotopic (exact) mass is 208 g/mol. The molecule has 2 rings (SSSR count). The zero-order chi connectivity index (χ0) is 10.7. The topological polar surface area (TPSA) is 29.3 Å². The van der Waals surface area contributed by atoms with Gasteiger partial charge in [-0.15, -0.1) is 0 Å². The largest absolute Gasteiger partial charge is 0.372 e. The third-order valence-corrected chi connectivity index (χ3v) is 2.96. The number of nitrogens with two attached hydrogens (primary N) is 1. The molecule has 1 aliphatic heterocycles. The molecule has 0 bridgehead atoms. The quantitative estimate of drug-likeness (QED) is 0.825. The summed E-state index contributed by atoms with van der Waals surface area (Å²) in [5.74, 6) is 0. The maximum atomic E-state index is 12.3. The summed E-state index contributed by atoms with van der Waals surface area (Å²) in [5.41, 5.74) is 7.71. The predicted octanol–water partition coefficient (Wildman–Crippen LogP) is 2.26. The first kappa shape index (κ1) is 10.4. The first-order valence-corrected chi connectivity index (χ1v) is 5.47. The summed E-state index contributed by atoms with van der Waals surface area (Å²) >= 11 is 0. The number of rotatable bonds is 3. The van der Waals surface area contributed by atoms with Crippen LogP contribution in [0.1, 0.15) is 24.4 Å². The molecule has 0 radical (unpaired) electrons. The molecule has 1 aliphatic rings. The lowest BCUT2D eigenvalue weighted by Gasteiger charge is -2.18. The molecule has 3 heteroatoms. The SMILES string of the molecule is N[C@@H](CF)c1ccc(N2CCCC2)cc1. The van der Waals surface area contributed by atoms with Gasteiger partial charge in [-0.1, -0.05) is 12.1 Å². The normalized spacial score (nSPS) is 18.1. The Morgan fingerprint density at radius 3 is 2.33 bits per heavy atom. The fourth-order valence-electron chi connectivity index (χ4n) is 2.00. The van der Waals surface area contributed by atoms with Gasteiger partial charge in [0, 0.05) is 18.8 Å². The summed E-state index contributed by atoms with van der Waals surface area (Å²) in [6, 6.07) is 7.46. The van der Waals surface area contributed by atoms with Gasteiger partial charge < -0.3 is 10.6 Å². The summed E-state index contributed by atoms with van der Waals surface area (Å²) < 4.78 is 12.3. The smallest absolute Gasteiger partial charge is 0.109 e. The van der Waals surface area contributed by atoms with Crippen LogP contribution in [0, 0.1) is 0 Å². The summed E-state index contributed by atoms with van der Waals surface area (Å²) in [4.78, 5) is 2.35. The Hall–Kier alpha value is -1.09. The summed E-state index contributed by atoms with van der Waals surface area (Å²) in [5, 5.41) is 0. The van der Waals surface area contributed by atoms with Crippen molar-refractivity contribution < 1.29 is 4.39 Å². The van der Waals surface area contributed by atoms with Crippen molar-refractivity contribution in [1.29, 1.82) is 0 Å². The van der Waals surface area contributed by atoms with Crippen LogP contribution in [0.25, 0.3) is 0 Å². The van der Waals surface area contributed by atoms with Crippen LogP contribution in [-0.2, 0) is 0 Å². The number of hydrogen-bond acceptors (Lipinski definition) is 2. The van der Waals surface area contributed by atoms with E-state index in [0.29, 0.717) is 0 Å². The molecule has 2 N–H and O–H groups in total. The molecular formula is C12H17FN2. The highest BCUT2D eigenvalue weighted by atomic mass is 19.1. The first-order valence-electron chi connectivity index (χ1n) is 5.47. The minimum absolute atomic E-state index is 0.474. The number of alkyl halides is 1. The Kier molecular flexibility index (Phi) is 3.21. The molecule has 1 saturated heterocycles. The lowest BCUT2D eigenvalue weighted by Crippen LogP contribution is -2.18. The Labute approximate surface area is 89.9 Å². The molecule has 0 unspecified atom stereocenters. The standard InChI is InChI=1S/C12H17FN2/c13-9-12(14)10-3-5-11(6-4-10)15-7-1-2-8-15/h3-6,12H,1-2,7-9,14H2/t12-/m0/s1. The highest BCUT2D eigenvalue weighted by Gasteiger charge is 2.12. The molecule has 82 valence electrons. The van der Waals surface area contributed by atoms with Crippen molar-refractivity contribution in [3.63, 3.8) is 0 Å². The molecule has 0 saturated carbocycles. The van der Waals surface area contributed by atoms with E-state index in [0.717, 1.165) is 18.7 Å². The lowest BCUT2D eigenvalue weighted by molar-refractivity contribution is 0.437. The summed E-state index contributed by atoms with van der Waals surface area (Å²) in [7, 11) is 0. The van der Waals surface area contributed by atoms with Crippen molar-refractivity contribution in [3.05, 3.63) is 29.8 Å². The molecule has 0 aromatic heterocycles. The van der Waals surface area contributed by atoms with Crippen LogP contribution >= 0.6 is 0 Å². The van der Waals surface area contributed by atoms with Gasteiger partial charge in [-0.3, -0.25) is 0 Å². The van der Waals surface area contributed by atoms with Crippen LogP contribution in [0.2, 0.25) is 0 Å². The minimum Gasteiger partial charge on any atom is -0.372 e. The Morgan fingerprint density at radius 2 is 1.80 bits per heavy atom. The molecular weight excluding hydrogens is 191 g/mol. The minimum atomic E-state index is -0.497. The zero-order valence-corrected chi connectivity index (χ0v) is 8.82. The second-order valence-corrected chi connectivity index (χ2v) is 4.05. The number of benzene rings is 1. The van der Waals surface area contributed by atoms with Gasteiger partial charge in [0.15, 0.2) is 0 Å². The number of halogens is 1. The molecule has 1 heterocycles.